The molecule has 19 heavy (non-hydrogen) atoms. The molecule has 2 unspecified atom stereocenters. The highest BCUT2D eigenvalue weighted by Crippen LogP contribution is 2.31. The summed E-state index contributed by atoms with van der Waals surface area (Å²) in [7, 11) is 0. The Morgan fingerprint density at radius 1 is 1.21 bits per heavy atom. The molecule has 1 aromatic carbocycles. The van der Waals surface area contributed by atoms with Crippen LogP contribution in [0.2, 0.25) is 5.02 Å². The third-order valence-electron chi connectivity index (χ3n) is 4.36. The fourth-order valence-electron chi connectivity index (χ4n) is 3.24. The van der Waals surface area contributed by atoms with Gasteiger partial charge in [0.15, 0.2) is 0 Å². The van der Waals surface area contributed by atoms with Gasteiger partial charge in [-0.25, -0.2) is 0 Å². The van der Waals surface area contributed by atoms with E-state index in [-0.39, 0.29) is 0 Å². The second kappa shape index (κ2) is 7.19. The van der Waals surface area contributed by atoms with Crippen LogP contribution in [0.3, 0.4) is 0 Å². The Kier molecular flexibility index (Phi) is 5.57. The fraction of sp³-hybridized carbons (Fsp3) is 0.647. The van der Waals surface area contributed by atoms with E-state index < -0.39 is 0 Å². The number of nitrogens with one attached hydrogen (secondary N) is 1. The van der Waals surface area contributed by atoms with Gasteiger partial charge in [-0.3, -0.25) is 0 Å². The Morgan fingerprint density at radius 3 is 2.79 bits per heavy atom. The maximum Gasteiger partial charge on any atom is 0.0640 e. The van der Waals surface area contributed by atoms with E-state index in [9.17, 15) is 0 Å². The number of halogens is 1. The Morgan fingerprint density at radius 2 is 2.05 bits per heavy atom. The van der Waals surface area contributed by atoms with Crippen molar-refractivity contribution in [2.75, 3.05) is 5.32 Å². The van der Waals surface area contributed by atoms with Crippen LogP contribution in [-0.2, 0) is 0 Å². The zero-order chi connectivity index (χ0) is 13.7. The Bertz CT molecular complexity index is 382. The number of anilines is 1. The van der Waals surface area contributed by atoms with Gasteiger partial charge in [0, 0.05) is 6.04 Å². The minimum Gasteiger partial charge on any atom is -0.381 e. The van der Waals surface area contributed by atoms with E-state index >= 15 is 0 Å². The molecule has 1 aliphatic carbocycles. The first-order valence-electron chi connectivity index (χ1n) is 7.72. The molecule has 0 radical (unpaired) electrons. The minimum absolute atomic E-state index is 0.598. The molecule has 1 nitrogen and oxygen atoms in total. The van der Waals surface area contributed by atoms with Gasteiger partial charge in [0.2, 0.25) is 0 Å². The monoisotopic (exact) mass is 279 g/mol. The lowest BCUT2D eigenvalue weighted by molar-refractivity contribution is 0.422. The van der Waals surface area contributed by atoms with Crippen molar-refractivity contribution in [1.29, 1.82) is 0 Å². The number of aryl methyl sites for hydroxylation is 1. The van der Waals surface area contributed by atoms with Crippen LogP contribution in [-0.4, -0.2) is 6.04 Å². The van der Waals surface area contributed by atoms with Crippen LogP contribution in [0, 0.1) is 12.8 Å². The van der Waals surface area contributed by atoms with E-state index in [0.717, 1.165) is 16.6 Å². The second-order valence-corrected chi connectivity index (χ2v) is 6.34. The normalized spacial score (nSPS) is 23.9. The maximum atomic E-state index is 6.31. The van der Waals surface area contributed by atoms with Gasteiger partial charge in [-0.1, -0.05) is 56.3 Å². The molecule has 0 heterocycles. The molecule has 0 aromatic heterocycles. The summed E-state index contributed by atoms with van der Waals surface area (Å²) in [6.45, 7) is 4.43. The summed E-state index contributed by atoms with van der Waals surface area (Å²) in [6.07, 6.45) is 9.43. The van der Waals surface area contributed by atoms with Crippen molar-refractivity contribution >= 4 is 17.3 Å². The van der Waals surface area contributed by atoms with Crippen molar-refractivity contribution in [3.05, 3.63) is 28.8 Å². The van der Waals surface area contributed by atoms with E-state index in [4.69, 9.17) is 11.6 Å². The lowest BCUT2D eigenvalue weighted by Gasteiger charge is -2.20. The van der Waals surface area contributed by atoms with Gasteiger partial charge in [-0.2, -0.15) is 0 Å². The van der Waals surface area contributed by atoms with Crippen LogP contribution in [0.25, 0.3) is 0 Å². The van der Waals surface area contributed by atoms with Crippen LogP contribution >= 0.6 is 11.6 Å². The van der Waals surface area contributed by atoms with E-state index in [0.29, 0.717) is 6.04 Å². The predicted molar refractivity (Wildman–Crippen MR) is 85.1 cm³/mol. The SMILES string of the molecule is CCCC1CCCC(Nc2c(C)cccc2Cl)CC1. The van der Waals surface area contributed by atoms with Gasteiger partial charge >= 0.3 is 0 Å². The summed E-state index contributed by atoms with van der Waals surface area (Å²) >= 11 is 6.31. The molecule has 2 rings (SSSR count). The topological polar surface area (TPSA) is 12.0 Å². The van der Waals surface area contributed by atoms with Crippen molar-refractivity contribution in [3.63, 3.8) is 0 Å². The lowest BCUT2D eigenvalue weighted by Crippen LogP contribution is -2.19. The Labute approximate surface area is 122 Å². The third kappa shape index (κ3) is 4.14. The molecule has 0 saturated heterocycles. The number of hydrogen-bond acceptors (Lipinski definition) is 1. The summed E-state index contributed by atoms with van der Waals surface area (Å²) in [5.74, 6) is 0.948. The van der Waals surface area contributed by atoms with E-state index in [1.165, 1.54) is 50.5 Å². The highest BCUT2D eigenvalue weighted by atomic mass is 35.5. The summed E-state index contributed by atoms with van der Waals surface area (Å²) in [6, 6.07) is 6.73. The number of para-hydroxylation sites is 1. The quantitative estimate of drug-likeness (QED) is 0.686. The standard InChI is InChI=1S/C17H26ClN/c1-3-6-14-8-5-9-15(12-11-14)19-17-13(2)7-4-10-16(17)18/h4,7,10,14-15,19H,3,5-6,8-9,11-12H2,1-2H3. The van der Waals surface area contributed by atoms with Gasteiger partial charge < -0.3 is 5.32 Å². The summed E-state index contributed by atoms with van der Waals surface area (Å²) < 4.78 is 0. The number of hydrogen-bond donors (Lipinski definition) is 1. The molecule has 0 spiro atoms. The van der Waals surface area contributed by atoms with Crippen LogP contribution in [0.15, 0.2) is 18.2 Å². The summed E-state index contributed by atoms with van der Waals surface area (Å²) in [5, 5.41) is 4.54. The summed E-state index contributed by atoms with van der Waals surface area (Å²) in [4.78, 5) is 0. The average Bonchev–Trinajstić information content (AvgIpc) is 2.60. The van der Waals surface area contributed by atoms with Crippen molar-refractivity contribution < 1.29 is 0 Å². The molecule has 0 amide bonds. The molecule has 106 valence electrons. The molecule has 0 aliphatic heterocycles. The largest absolute Gasteiger partial charge is 0.381 e. The fourth-order valence-corrected chi connectivity index (χ4v) is 3.51. The van der Waals surface area contributed by atoms with Crippen molar-refractivity contribution in [3.8, 4) is 0 Å². The van der Waals surface area contributed by atoms with Crippen LogP contribution in [0.4, 0.5) is 5.69 Å². The van der Waals surface area contributed by atoms with Crippen LogP contribution in [0.5, 0.6) is 0 Å². The van der Waals surface area contributed by atoms with Gasteiger partial charge in [0.25, 0.3) is 0 Å². The minimum atomic E-state index is 0.598. The molecule has 1 N–H and O–H groups in total. The van der Waals surface area contributed by atoms with Gasteiger partial charge in [-0.15, -0.1) is 0 Å². The molecule has 1 aliphatic rings. The van der Waals surface area contributed by atoms with Crippen molar-refractivity contribution in [2.24, 2.45) is 5.92 Å². The Balaban J connectivity index is 1.96. The number of rotatable bonds is 4. The second-order valence-electron chi connectivity index (χ2n) is 5.94. The first-order chi connectivity index (χ1) is 9.20. The molecule has 1 saturated carbocycles. The van der Waals surface area contributed by atoms with Crippen molar-refractivity contribution in [2.45, 2.75) is 64.8 Å². The molecule has 2 heteroatoms. The number of benzene rings is 1. The Hall–Kier alpha value is -0.690. The highest BCUT2D eigenvalue weighted by Gasteiger charge is 2.19. The molecule has 2 atom stereocenters. The van der Waals surface area contributed by atoms with Crippen LogP contribution < -0.4 is 5.32 Å². The first kappa shape index (κ1) is 14.7. The zero-order valence-electron chi connectivity index (χ0n) is 12.2. The van der Waals surface area contributed by atoms with Gasteiger partial charge in [0.1, 0.15) is 0 Å². The van der Waals surface area contributed by atoms with E-state index in [1.54, 1.807) is 0 Å². The molecule has 0 bridgehead atoms. The van der Waals surface area contributed by atoms with E-state index in [1.807, 2.05) is 12.1 Å². The smallest absolute Gasteiger partial charge is 0.0640 e. The maximum absolute atomic E-state index is 6.31. The first-order valence-corrected chi connectivity index (χ1v) is 8.10. The average molecular weight is 280 g/mol. The van der Waals surface area contributed by atoms with Crippen molar-refractivity contribution in [1.82, 2.24) is 0 Å². The predicted octanol–water partition coefficient (Wildman–Crippen LogP) is 5.81. The molecule has 1 aromatic rings. The zero-order valence-corrected chi connectivity index (χ0v) is 13.0. The van der Waals surface area contributed by atoms with Gasteiger partial charge in [-0.05, 0) is 43.7 Å². The third-order valence-corrected chi connectivity index (χ3v) is 4.67. The lowest BCUT2D eigenvalue weighted by atomic mass is 9.95. The van der Waals surface area contributed by atoms with Crippen LogP contribution in [0.1, 0.15) is 57.4 Å². The summed E-state index contributed by atoms with van der Waals surface area (Å²) in [5.41, 5.74) is 2.39. The molecule has 1 fully saturated rings. The van der Waals surface area contributed by atoms with Gasteiger partial charge in [0.05, 0.1) is 10.7 Å². The van der Waals surface area contributed by atoms with E-state index in [2.05, 4.69) is 25.2 Å². The molecular weight excluding hydrogens is 254 g/mol. The highest BCUT2D eigenvalue weighted by molar-refractivity contribution is 6.33. The molecular formula is C17H26ClN.